The Balaban J connectivity index is 2.37. The second kappa shape index (κ2) is 6.19. The van der Waals surface area contributed by atoms with Crippen molar-refractivity contribution in [2.45, 2.75) is 26.7 Å². The minimum absolute atomic E-state index is 0.336. The maximum atomic E-state index is 5.88. The zero-order valence-corrected chi connectivity index (χ0v) is 13.2. The standard InChI is InChI=1S/C14H17BrN4O/c1-8(2)11-7-10(15)4-5-12(11)20-13-6-9(3)17-14(18-13)19-16/h4-8H,16H2,1-3H3,(H,17,18,19). The predicted octanol–water partition coefficient (Wildman–Crippen LogP) is 3.75. The molecule has 5 nitrogen and oxygen atoms in total. The highest BCUT2D eigenvalue weighted by molar-refractivity contribution is 9.10. The van der Waals surface area contributed by atoms with Crippen molar-refractivity contribution in [2.75, 3.05) is 5.43 Å². The molecule has 0 aliphatic carbocycles. The average Bonchev–Trinajstić information content (AvgIpc) is 2.40. The maximum Gasteiger partial charge on any atom is 0.240 e. The Hall–Kier alpha value is -1.66. The van der Waals surface area contributed by atoms with Crippen molar-refractivity contribution in [1.29, 1.82) is 0 Å². The van der Waals surface area contributed by atoms with E-state index < -0.39 is 0 Å². The number of anilines is 1. The summed E-state index contributed by atoms with van der Waals surface area (Å²) >= 11 is 3.48. The number of ether oxygens (including phenoxy) is 1. The van der Waals surface area contributed by atoms with Crippen molar-refractivity contribution in [3.05, 3.63) is 40.0 Å². The molecule has 0 fully saturated rings. The van der Waals surface area contributed by atoms with E-state index in [1.54, 1.807) is 6.07 Å². The molecule has 0 atom stereocenters. The van der Waals surface area contributed by atoms with Gasteiger partial charge in [0.1, 0.15) is 5.75 Å². The fourth-order valence-electron chi connectivity index (χ4n) is 1.83. The first-order valence-corrected chi connectivity index (χ1v) is 7.08. The van der Waals surface area contributed by atoms with E-state index in [1.165, 1.54) is 0 Å². The summed E-state index contributed by atoms with van der Waals surface area (Å²) in [6.45, 7) is 6.10. The number of halogens is 1. The second-order valence-corrected chi connectivity index (χ2v) is 5.67. The van der Waals surface area contributed by atoms with E-state index in [9.17, 15) is 0 Å². The highest BCUT2D eigenvalue weighted by Crippen LogP contribution is 2.32. The smallest absolute Gasteiger partial charge is 0.240 e. The summed E-state index contributed by atoms with van der Waals surface area (Å²) in [5.41, 5.74) is 4.32. The number of hydrogen-bond acceptors (Lipinski definition) is 5. The molecule has 0 bridgehead atoms. The van der Waals surface area contributed by atoms with Crippen LogP contribution in [0.3, 0.4) is 0 Å². The lowest BCUT2D eigenvalue weighted by molar-refractivity contribution is 0.453. The Morgan fingerprint density at radius 3 is 2.65 bits per heavy atom. The molecular weight excluding hydrogens is 320 g/mol. The van der Waals surface area contributed by atoms with Gasteiger partial charge in [-0.3, -0.25) is 5.43 Å². The van der Waals surface area contributed by atoms with Gasteiger partial charge in [0, 0.05) is 16.2 Å². The molecule has 0 amide bonds. The second-order valence-electron chi connectivity index (χ2n) is 4.75. The van der Waals surface area contributed by atoms with Crippen LogP contribution in [0.5, 0.6) is 11.6 Å². The van der Waals surface area contributed by atoms with Crippen LogP contribution in [0.4, 0.5) is 5.95 Å². The summed E-state index contributed by atoms with van der Waals surface area (Å²) in [5, 5.41) is 0. The molecule has 2 aromatic rings. The number of hydrogen-bond donors (Lipinski definition) is 2. The van der Waals surface area contributed by atoms with Gasteiger partial charge in [0.2, 0.25) is 11.8 Å². The summed E-state index contributed by atoms with van der Waals surface area (Å²) in [7, 11) is 0. The fraction of sp³-hybridized carbons (Fsp3) is 0.286. The molecule has 0 unspecified atom stereocenters. The maximum absolute atomic E-state index is 5.88. The van der Waals surface area contributed by atoms with Crippen LogP contribution in [-0.4, -0.2) is 9.97 Å². The molecule has 0 saturated heterocycles. The van der Waals surface area contributed by atoms with Gasteiger partial charge in [-0.15, -0.1) is 0 Å². The predicted molar refractivity (Wildman–Crippen MR) is 82.9 cm³/mol. The molecule has 0 radical (unpaired) electrons. The lowest BCUT2D eigenvalue weighted by atomic mass is 10.0. The van der Waals surface area contributed by atoms with E-state index in [4.69, 9.17) is 10.6 Å². The SMILES string of the molecule is Cc1cc(Oc2ccc(Br)cc2C(C)C)nc(NN)n1. The summed E-state index contributed by atoms with van der Waals surface area (Å²) in [4.78, 5) is 8.32. The van der Waals surface area contributed by atoms with Crippen molar-refractivity contribution >= 4 is 21.9 Å². The van der Waals surface area contributed by atoms with Gasteiger partial charge in [0.25, 0.3) is 0 Å². The monoisotopic (exact) mass is 336 g/mol. The molecule has 20 heavy (non-hydrogen) atoms. The number of rotatable bonds is 4. The van der Waals surface area contributed by atoms with Crippen LogP contribution in [0.25, 0.3) is 0 Å². The number of nitrogens with one attached hydrogen (secondary N) is 1. The number of nitrogens with two attached hydrogens (primary N) is 1. The van der Waals surface area contributed by atoms with E-state index in [0.717, 1.165) is 21.5 Å². The lowest BCUT2D eigenvalue weighted by Gasteiger charge is -2.14. The number of nitrogen functional groups attached to an aromatic ring is 1. The summed E-state index contributed by atoms with van der Waals surface area (Å²) < 4.78 is 6.91. The molecule has 3 N–H and O–H groups in total. The topological polar surface area (TPSA) is 73.1 Å². The summed E-state index contributed by atoms with van der Waals surface area (Å²) in [6.07, 6.45) is 0. The van der Waals surface area contributed by atoms with Gasteiger partial charge >= 0.3 is 0 Å². The fourth-order valence-corrected chi connectivity index (χ4v) is 2.21. The van der Waals surface area contributed by atoms with Crippen LogP contribution in [0.2, 0.25) is 0 Å². The van der Waals surface area contributed by atoms with Crippen molar-refractivity contribution in [2.24, 2.45) is 5.84 Å². The molecule has 106 valence electrons. The molecule has 0 aliphatic heterocycles. The minimum Gasteiger partial charge on any atom is -0.439 e. The van der Waals surface area contributed by atoms with Crippen LogP contribution >= 0.6 is 15.9 Å². The Morgan fingerprint density at radius 2 is 2.00 bits per heavy atom. The molecule has 1 aromatic carbocycles. The summed E-state index contributed by atoms with van der Waals surface area (Å²) in [6, 6.07) is 7.69. The van der Waals surface area contributed by atoms with E-state index in [2.05, 4.69) is 51.2 Å². The molecule has 0 saturated carbocycles. The van der Waals surface area contributed by atoms with Gasteiger partial charge in [-0.05, 0) is 36.6 Å². The molecule has 0 aliphatic rings. The number of aryl methyl sites for hydroxylation is 1. The van der Waals surface area contributed by atoms with E-state index in [-0.39, 0.29) is 0 Å². The lowest BCUT2D eigenvalue weighted by Crippen LogP contribution is -2.11. The van der Waals surface area contributed by atoms with Gasteiger partial charge in [0.15, 0.2) is 0 Å². The third kappa shape index (κ3) is 3.46. The van der Waals surface area contributed by atoms with Crippen LogP contribution in [0.1, 0.15) is 31.0 Å². The van der Waals surface area contributed by atoms with Crippen LogP contribution < -0.4 is 16.0 Å². The number of nitrogens with zero attached hydrogens (tertiary/aromatic N) is 2. The first-order chi connectivity index (χ1) is 9.49. The Labute approximate surface area is 126 Å². The van der Waals surface area contributed by atoms with Gasteiger partial charge in [0.05, 0.1) is 0 Å². The summed E-state index contributed by atoms with van der Waals surface area (Å²) in [5.74, 6) is 7.27. The van der Waals surface area contributed by atoms with Gasteiger partial charge in [-0.2, -0.15) is 4.98 Å². The first-order valence-electron chi connectivity index (χ1n) is 6.29. The normalized spacial score (nSPS) is 10.7. The minimum atomic E-state index is 0.336. The van der Waals surface area contributed by atoms with Gasteiger partial charge < -0.3 is 4.74 Å². The number of benzene rings is 1. The highest BCUT2D eigenvalue weighted by Gasteiger charge is 2.11. The van der Waals surface area contributed by atoms with Crippen LogP contribution in [0.15, 0.2) is 28.7 Å². The molecule has 1 aromatic heterocycles. The van der Waals surface area contributed by atoms with E-state index in [1.807, 2.05) is 19.1 Å². The molecular formula is C14H17BrN4O. The Morgan fingerprint density at radius 1 is 1.25 bits per heavy atom. The molecule has 0 spiro atoms. The Kier molecular flexibility index (Phi) is 4.57. The number of hydrazine groups is 1. The van der Waals surface area contributed by atoms with E-state index >= 15 is 0 Å². The molecule has 6 heteroatoms. The van der Waals surface area contributed by atoms with Gasteiger partial charge in [-0.1, -0.05) is 29.8 Å². The van der Waals surface area contributed by atoms with Crippen LogP contribution in [-0.2, 0) is 0 Å². The Bertz CT molecular complexity index is 616. The van der Waals surface area contributed by atoms with E-state index in [0.29, 0.717) is 17.7 Å². The molecule has 2 rings (SSSR count). The largest absolute Gasteiger partial charge is 0.439 e. The number of aromatic nitrogens is 2. The third-order valence-electron chi connectivity index (χ3n) is 2.77. The average molecular weight is 337 g/mol. The van der Waals surface area contributed by atoms with Crippen molar-refractivity contribution in [1.82, 2.24) is 9.97 Å². The quantitative estimate of drug-likeness (QED) is 0.657. The highest BCUT2D eigenvalue weighted by atomic mass is 79.9. The van der Waals surface area contributed by atoms with Crippen molar-refractivity contribution in [3.63, 3.8) is 0 Å². The van der Waals surface area contributed by atoms with Crippen molar-refractivity contribution in [3.8, 4) is 11.6 Å². The first kappa shape index (κ1) is 14.7. The van der Waals surface area contributed by atoms with Crippen molar-refractivity contribution < 1.29 is 4.74 Å². The third-order valence-corrected chi connectivity index (χ3v) is 3.26. The van der Waals surface area contributed by atoms with Crippen LogP contribution in [0, 0.1) is 6.92 Å². The molecule has 1 heterocycles. The zero-order chi connectivity index (χ0) is 14.7. The van der Waals surface area contributed by atoms with Gasteiger partial charge in [-0.25, -0.2) is 10.8 Å². The zero-order valence-electron chi connectivity index (χ0n) is 11.6.